The van der Waals surface area contributed by atoms with Crippen molar-refractivity contribution >= 4 is 5.69 Å². The molecule has 0 radical (unpaired) electrons. The Hall–Kier alpha value is -2.99. The molecular formula is C22H25F3N4O4. The number of aliphatic hydroxyl groups is 3. The first-order valence-electron chi connectivity index (χ1n) is 10.2. The summed E-state index contributed by atoms with van der Waals surface area (Å²) in [6.07, 6.45) is -2.67. The van der Waals surface area contributed by atoms with Gasteiger partial charge in [0.05, 0.1) is 25.5 Å². The molecule has 0 saturated carbocycles. The third-order valence-electron chi connectivity index (χ3n) is 4.96. The van der Waals surface area contributed by atoms with E-state index in [2.05, 4.69) is 15.6 Å². The fourth-order valence-electron chi connectivity index (χ4n) is 3.11. The van der Waals surface area contributed by atoms with Gasteiger partial charge in [-0.15, -0.1) is 5.10 Å². The van der Waals surface area contributed by atoms with E-state index in [-0.39, 0.29) is 18.8 Å². The van der Waals surface area contributed by atoms with Crippen LogP contribution in [0, 0.1) is 17.5 Å². The highest BCUT2D eigenvalue weighted by Crippen LogP contribution is 2.18. The smallest absolute Gasteiger partial charge is 0.160 e. The molecule has 3 aromatic rings. The Morgan fingerprint density at radius 3 is 2.52 bits per heavy atom. The topological polar surface area (TPSA) is 113 Å². The number of ether oxygens (including phenoxy) is 1. The van der Waals surface area contributed by atoms with Gasteiger partial charge in [-0.3, -0.25) is 0 Å². The number of hydrogen-bond acceptors (Lipinski definition) is 7. The van der Waals surface area contributed by atoms with Crippen molar-refractivity contribution in [3.8, 4) is 11.3 Å². The molecule has 0 aliphatic rings. The van der Waals surface area contributed by atoms with Gasteiger partial charge < -0.3 is 25.4 Å². The van der Waals surface area contributed by atoms with Crippen LogP contribution in [0.1, 0.15) is 6.92 Å². The molecule has 3 rings (SSSR count). The van der Waals surface area contributed by atoms with Crippen molar-refractivity contribution in [2.75, 3.05) is 18.5 Å². The molecule has 1 heterocycles. The molecule has 4 atom stereocenters. The molecule has 0 aliphatic heterocycles. The molecule has 1 aromatic heterocycles. The maximum Gasteiger partial charge on any atom is 0.160 e. The Balaban J connectivity index is 1.72. The molecule has 33 heavy (non-hydrogen) atoms. The fraction of sp³-hybridized carbons (Fsp3) is 0.364. The minimum absolute atomic E-state index is 0.0547. The Morgan fingerprint density at radius 1 is 1.06 bits per heavy atom. The molecule has 0 bridgehead atoms. The third kappa shape index (κ3) is 6.75. The summed E-state index contributed by atoms with van der Waals surface area (Å²) in [5, 5.41) is 40.8. The number of anilines is 1. The van der Waals surface area contributed by atoms with Crippen LogP contribution in [0.4, 0.5) is 18.9 Å². The SMILES string of the molecule is C[C@@H](O)C(CO)OC(CNc1ccc(F)c(F)c1)[C@@H](O)Cn1cc(-c2cccc(F)c2)nn1. The summed E-state index contributed by atoms with van der Waals surface area (Å²) in [6.45, 7) is 0.792. The van der Waals surface area contributed by atoms with Crippen molar-refractivity contribution in [1.82, 2.24) is 15.0 Å². The normalized spacial score (nSPS) is 15.1. The summed E-state index contributed by atoms with van der Waals surface area (Å²) in [6, 6.07) is 9.05. The number of hydrogen-bond donors (Lipinski definition) is 4. The second-order valence-corrected chi connectivity index (χ2v) is 7.55. The van der Waals surface area contributed by atoms with E-state index in [1.807, 2.05) is 0 Å². The van der Waals surface area contributed by atoms with Gasteiger partial charge in [-0.2, -0.15) is 0 Å². The number of nitrogens with zero attached hydrogens (tertiary/aromatic N) is 3. The predicted molar refractivity (Wildman–Crippen MR) is 114 cm³/mol. The van der Waals surface area contributed by atoms with Crippen LogP contribution in [0.15, 0.2) is 48.7 Å². The summed E-state index contributed by atoms with van der Waals surface area (Å²) < 4.78 is 47.1. The first-order valence-corrected chi connectivity index (χ1v) is 10.2. The Morgan fingerprint density at radius 2 is 1.85 bits per heavy atom. The number of aliphatic hydroxyl groups excluding tert-OH is 3. The predicted octanol–water partition coefficient (Wildman–Crippen LogP) is 1.96. The van der Waals surface area contributed by atoms with Crippen LogP contribution < -0.4 is 5.32 Å². The number of rotatable bonds is 11. The monoisotopic (exact) mass is 466 g/mol. The van der Waals surface area contributed by atoms with E-state index in [0.717, 1.165) is 12.1 Å². The van der Waals surface area contributed by atoms with Crippen molar-refractivity contribution in [1.29, 1.82) is 0 Å². The van der Waals surface area contributed by atoms with Crippen molar-refractivity contribution < 1.29 is 33.2 Å². The van der Waals surface area contributed by atoms with Crippen LogP contribution in [0.3, 0.4) is 0 Å². The second-order valence-electron chi connectivity index (χ2n) is 7.55. The summed E-state index contributed by atoms with van der Waals surface area (Å²) in [5.74, 6) is -2.46. The van der Waals surface area contributed by atoms with Gasteiger partial charge in [0.2, 0.25) is 0 Å². The minimum Gasteiger partial charge on any atom is -0.394 e. The summed E-state index contributed by atoms with van der Waals surface area (Å²) in [4.78, 5) is 0. The van der Waals surface area contributed by atoms with E-state index >= 15 is 0 Å². The van der Waals surface area contributed by atoms with Crippen molar-refractivity contribution in [3.63, 3.8) is 0 Å². The summed E-state index contributed by atoms with van der Waals surface area (Å²) >= 11 is 0. The lowest BCUT2D eigenvalue weighted by atomic mass is 10.1. The van der Waals surface area contributed by atoms with E-state index in [4.69, 9.17) is 4.74 Å². The van der Waals surface area contributed by atoms with Gasteiger partial charge in [0, 0.05) is 23.9 Å². The first kappa shape index (κ1) is 24.6. The van der Waals surface area contributed by atoms with Crippen LogP contribution >= 0.6 is 0 Å². The van der Waals surface area contributed by atoms with Gasteiger partial charge in [0.25, 0.3) is 0 Å². The molecule has 178 valence electrons. The zero-order chi connectivity index (χ0) is 24.0. The Bertz CT molecular complexity index is 1050. The number of aromatic nitrogens is 3. The van der Waals surface area contributed by atoms with Crippen LogP contribution in [-0.2, 0) is 11.3 Å². The van der Waals surface area contributed by atoms with E-state index in [9.17, 15) is 28.5 Å². The Labute approximate surface area is 188 Å². The molecule has 11 heteroatoms. The molecule has 4 N–H and O–H groups in total. The van der Waals surface area contributed by atoms with Gasteiger partial charge in [0.15, 0.2) is 11.6 Å². The average Bonchev–Trinajstić information content (AvgIpc) is 3.24. The molecule has 2 aromatic carbocycles. The van der Waals surface area contributed by atoms with E-state index < -0.39 is 48.5 Å². The van der Waals surface area contributed by atoms with Gasteiger partial charge in [0.1, 0.15) is 29.8 Å². The zero-order valence-electron chi connectivity index (χ0n) is 17.8. The molecule has 0 fully saturated rings. The maximum absolute atomic E-state index is 13.5. The molecule has 8 nitrogen and oxygen atoms in total. The highest BCUT2D eigenvalue weighted by Gasteiger charge is 2.27. The second kappa shape index (κ2) is 11.2. The highest BCUT2D eigenvalue weighted by atomic mass is 19.2. The third-order valence-corrected chi connectivity index (χ3v) is 4.96. The van der Waals surface area contributed by atoms with Crippen LogP contribution in [-0.4, -0.2) is 67.9 Å². The fourth-order valence-corrected chi connectivity index (χ4v) is 3.11. The van der Waals surface area contributed by atoms with Gasteiger partial charge >= 0.3 is 0 Å². The lowest BCUT2D eigenvalue weighted by molar-refractivity contribution is -0.124. The van der Waals surface area contributed by atoms with Gasteiger partial charge in [-0.25, -0.2) is 17.9 Å². The standard InChI is InChI=1S/C22H25F3N4O4/c1-13(31)22(12-30)33-21(9-26-16-5-6-17(24)18(25)8-16)20(32)11-29-10-19(27-28-29)14-3-2-4-15(23)7-14/h2-8,10,13,20-22,26,30-32H,9,11-12H2,1H3/t13-,20+,21?,22?/m1/s1. The molecule has 0 saturated heterocycles. The van der Waals surface area contributed by atoms with Crippen LogP contribution in [0.25, 0.3) is 11.3 Å². The van der Waals surface area contributed by atoms with Gasteiger partial charge in [-0.05, 0) is 31.2 Å². The molecule has 2 unspecified atom stereocenters. The molecule has 0 aliphatic carbocycles. The molecular weight excluding hydrogens is 441 g/mol. The lowest BCUT2D eigenvalue weighted by Crippen LogP contribution is -2.44. The van der Waals surface area contributed by atoms with Crippen molar-refractivity contribution in [2.24, 2.45) is 0 Å². The molecule has 0 spiro atoms. The maximum atomic E-state index is 13.5. The number of benzene rings is 2. The number of halogens is 3. The van der Waals surface area contributed by atoms with Crippen molar-refractivity contribution in [3.05, 3.63) is 66.1 Å². The average molecular weight is 466 g/mol. The van der Waals surface area contributed by atoms with Crippen molar-refractivity contribution in [2.45, 2.75) is 37.9 Å². The summed E-state index contributed by atoms with van der Waals surface area (Å²) in [5.41, 5.74) is 1.16. The molecule has 0 amide bonds. The zero-order valence-corrected chi connectivity index (χ0v) is 17.8. The number of nitrogens with one attached hydrogen (secondary N) is 1. The minimum atomic E-state index is -1.20. The van der Waals surface area contributed by atoms with E-state index in [1.54, 1.807) is 6.07 Å². The van der Waals surface area contributed by atoms with Crippen LogP contribution in [0.5, 0.6) is 0 Å². The van der Waals surface area contributed by atoms with Crippen LogP contribution in [0.2, 0.25) is 0 Å². The highest BCUT2D eigenvalue weighted by molar-refractivity contribution is 5.57. The largest absolute Gasteiger partial charge is 0.394 e. The first-order chi connectivity index (χ1) is 15.8. The Kier molecular flexibility index (Phi) is 8.39. The van der Waals surface area contributed by atoms with E-state index in [0.29, 0.717) is 11.3 Å². The lowest BCUT2D eigenvalue weighted by Gasteiger charge is -2.29. The summed E-state index contributed by atoms with van der Waals surface area (Å²) in [7, 11) is 0. The van der Waals surface area contributed by atoms with E-state index in [1.165, 1.54) is 42.1 Å². The van der Waals surface area contributed by atoms with Gasteiger partial charge in [-0.1, -0.05) is 17.3 Å². The quantitative estimate of drug-likeness (QED) is 0.342.